The summed E-state index contributed by atoms with van der Waals surface area (Å²) in [5.74, 6) is 0. The quantitative estimate of drug-likeness (QED) is 0.741. The van der Waals surface area contributed by atoms with E-state index in [0.29, 0.717) is 17.1 Å². The highest BCUT2D eigenvalue weighted by molar-refractivity contribution is 7.80. The molecule has 17 heavy (non-hydrogen) atoms. The number of hydrogen-bond acceptors (Lipinski definition) is 4. The van der Waals surface area contributed by atoms with Crippen LogP contribution in [0.1, 0.15) is 19.8 Å². The third-order valence-corrected chi connectivity index (χ3v) is 4.07. The molecule has 2 saturated heterocycles. The van der Waals surface area contributed by atoms with Crippen LogP contribution in [-0.4, -0.2) is 66.3 Å². The van der Waals surface area contributed by atoms with Gasteiger partial charge in [-0.15, -0.1) is 0 Å². The molecule has 0 saturated carbocycles. The van der Waals surface area contributed by atoms with Gasteiger partial charge in [0.25, 0.3) is 0 Å². The van der Waals surface area contributed by atoms with E-state index in [9.17, 15) is 0 Å². The average Bonchev–Trinajstić information content (AvgIpc) is 2.77. The molecule has 2 fully saturated rings. The second-order valence-corrected chi connectivity index (χ2v) is 5.41. The minimum atomic E-state index is 0.297. The molecular formula is C12H23N3OS. The molecule has 0 aliphatic carbocycles. The van der Waals surface area contributed by atoms with Crippen molar-refractivity contribution < 1.29 is 4.74 Å². The van der Waals surface area contributed by atoms with Crippen molar-refractivity contribution in [3.63, 3.8) is 0 Å². The Balaban J connectivity index is 1.85. The first-order valence-electron chi connectivity index (χ1n) is 6.58. The van der Waals surface area contributed by atoms with E-state index >= 15 is 0 Å². The van der Waals surface area contributed by atoms with Gasteiger partial charge in [-0.2, -0.15) is 0 Å². The highest BCUT2D eigenvalue weighted by atomic mass is 32.1. The molecule has 4 nitrogen and oxygen atoms in total. The second-order valence-electron chi connectivity index (χ2n) is 4.94. The number of nitrogens with zero attached hydrogens (tertiary/aromatic N) is 2. The number of likely N-dealkylation sites (N-methyl/N-ethyl adjacent to an activating group) is 1. The number of nitrogens with two attached hydrogens (primary N) is 1. The summed E-state index contributed by atoms with van der Waals surface area (Å²) in [6, 6.07) is 0.297. The molecule has 0 spiro atoms. The Kier molecular flexibility index (Phi) is 4.73. The Morgan fingerprint density at radius 1 is 1.47 bits per heavy atom. The summed E-state index contributed by atoms with van der Waals surface area (Å²) in [6.45, 7) is 8.34. The molecule has 0 amide bonds. The molecule has 2 N–H and O–H groups in total. The van der Waals surface area contributed by atoms with Crippen LogP contribution in [0, 0.1) is 0 Å². The first kappa shape index (κ1) is 13.2. The lowest BCUT2D eigenvalue weighted by molar-refractivity contribution is -0.0409. The SMILES string of the molecule is CCN1CCOC(CN2CCCC2C(N)=S)C1. The number of ether oxygens (including phenoxy) is 1. The summed E-state index contributed by atoms with van der Waals surface area (Å²) in [5.41, 5.74) is 5.79. The van der Waals surface area contributed by atoms with Crippen molar-refractivity contribution in [2.24, 2.45) is 5.73 Å². The lowest BCUT2D eigenvalue weighted by Crippen LogP contribution is -2.50. The zero-order chi connectivity index (χ0) is 12.3. The summed E-state index contributed by atoms with van der Waals surface area (Å²) >= 11 is 5.13. The molecule has 98 valence electrons. The highest BCUT2D eigenvalue weighted by Gasteiger charge is 2.30. The average molecular weight is 257 g/mol. The summed E-state index contributed by atoms with van der Waals surface area (Å²) in [5, 5.41) is 0. The topological polar surface area (TPSA) is 41.7 Å². The van der Waals surface area contributed by atoms with Gasteiger partial charge in [-0.25, -0.2) is 0 Å². The van der Waals surface area contributed by atoms with E-state index in [-0.39, 0.29) is 0 Å². The van der Waals surface area contributed by atoms with E-state index in [1.165, 1.54) is 6.42 Å². The van der Waals surface area contributed by atoms with Gasteiger partial charge < -0.3 is 10.5 Å². The predicted molar refractivity (Wildman–Crippen MR) is 73.2 cm³/mol. The van der Waals surface area contributed by atoms with Crippen LogP contribution in [0.4, 0.5) is 0 Å². The molecule has 2 atom stereocenters. The van der Waals surface area contributed by atoms with Gasteiger partial charge in [-0.1, -0.05) is 19.1 Å². The molecule has 0 bridgehead atoms. The Bertz CT molecular complexity index is 274. The maximum Gasteiger partial charge on any atom is 0.0902 e. The first-order valence-corrected chi connectivity index (χ1v) is 6.99. The number of hydrogen-bond donors (Lipinski definition) is 1. The third kappa shape index (κ3) is 3.37. The predicted octanol–water partition coefficient (Wildman–Crippen LogP) is 0.458. The Labute approximate surface area is 109 Å². The van der Waals surface area contributed by atoms with Crippen molar-refractivity contribution >= 4 is 17.2 Å². The van der Waals surface area contributed by atoms with Crippen molar-refractivity contribution in [3.8, 4) is 0 Å². The zero-order valence-electron chi connectivity index (χ0n) is 10.6. The molecule has 0 aromatic rings. The maximum atomic E-state index is 5.83. The normalized spacial score (nSPS) is 31.8. The lowest BCUT2D eigenvalue weighted by Gasteiger charge is -2.35. The van der Waals surface area contributed by atoms with Crippen LogP contribution >= 0.6 is 12.2 Å². The van der Waals surface area contributed by atoms with Crippen molar-refractivity contribution in [1.82, 2.24) is 9.80 Å². The van der Waals surface area contributed by atoms with E-state index in [1.807, 2.05) is 0 Å². The summed E-state index contributed by atoms with van der Waals surface area (Å²) in [7, 11) is 0. The standard InChI is InChI=1S/C12H23N3OS/c1-2-14-6-7-16-10(8-14)9-15-5-3-4-11(15)12(13)17/h10-11H,2-9H2,1H3,(H2,13,17). The van der Waals surface area contributed by atoms with Gasteiger partial charge in [0.15, 0.2) is 0 Å². The fourth-order valence-corrected chi connectivity index (χ4v) is 3.07. The molecule has 2 heterocycles. The van der Waals surface area contributed by atoms with Crippen LogP contribution in [0.2, 0.25) is 0 Å². The van der Waals surface area contributed by atoms with Crippen molar-refractivity contribution in [2.45, 2.75) is 31.9 Å². The van der Waals surface area contributed by atoms with Crippen LogP contribution in [0.25, 0.3) is 0 Å². The molecular weight excluding hydrogens is 234 g/mol. The fourth-order valence-electron chi connectivity index (χ4n) is 2.81. The molecule has 2 unspecified atom stereocenters. The monoisotopic (exact) mass is 257 g/mol. The lowest BCUT2D eigenvalue weighted by atomic mass is 10.2. The summed E-state index contributed by atoms with van der Waals surface area (Å²) in [4.78, 5) is 5.48. The molecule has 2 aliphatic rings. The summed E-state index contributed by atoms with van der Waals surface area (Å²) in [6.07, 6.45) is 2.63. The van der Waals surface area contributed by atoms with Crippen LogP contribution in [-0.2, 0) is 4.74 Å². The van der Waals surface area contributed by atoms with E-state index < -0.39 is 0 Å². The smallest absolute Gasteiger partial charge is 0.0902 e. The van der Waals surface area contributed by atoms with E-state index in [1.54, 1.807) is 0 Å². The highest BCUT2D eigenvalue weighted by Crippen LogP contribution is 2.19. The van der Waals surface area contributed by atoms with Gasteiger partial charge in [0, 0.05) is 19.6 Å². The first-order chi connectivity index (χ1) is 8.20. The van der Waals surface area contributed by atoms with Crippen LogP contribution in [0.15, 0.2) is 0 Å². The fraction of sp³-hybridized carbons (Fsp3) is 0.917. The molecule has 2 aliphatic heterocycles. The minimum absolute atomic E-state index is 0.297. The van der Waals surface area contributed by atoms with Gasteiger partial charge in [-0.3, -0.25) is 9.80 Å². The Morgan fingerprint density at radius 3 is 3.00 bits per heavy atom. The summed E-state index contributed by atoms with van der Waals surface area (Å²) < 4.78 is 5.83. The Hall–Kier alpha value is -0.230. The molecule has 0 radical (unpaired) electrons. The van der Waals surface area contributed by atoms with Gasteiger partial charge in [0.2, 0.25) is 0 Å². The van der Waals surface area contributed by atoms with Gasteiger partial charge in [0.05, 0.1) is 23.7 Å². The molecule has 5 heteroatoms. The largest absolute Gasteiger partial charge is 0.392 e. The maximum absolute atomic E-state index is 5.83. The van der Waals surface area contributed by atoms with Gasteiger partial charge >= 0.3 is 0 Å². The van der Waals surface area contributed by atoms with E-state index in [4.69, 9.17) is 22.7 Å². The number of likely N-dealkylation sites (tertiary alicyclic amines) is 1. The van der Waals surface area contributed by atoms with E-state index in [0.717, 1.165) is 45.8 Å². The Morgan fingerprint density at radius 2 is 2.29 bits per heavy atom. The van der Waals surface area contributed by atoms with Crippen LogP contribution in [0.3, 0.4) is 0 Å². The zero-order valence-corrected chi connectivity index (χ0v) is 11.4. The van der Waals surface area contributed by atoms with Crippen LogP contribution < -0.4 is 5.73 Å². The third-order valence-electron chi connectivity index (χ3n) is 3.80. The molecule has 2 rings (SSSR count). The molecule has 0 aromatic heterocycles. The van der Waals surface area contributed by atoms with Crippen molar-refractivity contribution in [1.29, 1.82) is 0 Å². The van der Waals surface area contributed by atoms with Crippen LogP contribution in [0.5, 0.6) is 0 Å². The molecule has 0 aromatic carbocycles. The number of morpholine rings is 1. The number of thiocarbonyl (C=S) groups is 1. The van der Waals surface area contributed by atoms with Crippen molar-refractivity contribution in [2.75, 3.05) is 39.3 Å². The van der Waals surface area contributed by atoms with E-state index in [2.05, 4.69) is 16.7 Å². The number of rotatable bonds is 4. The second kappa shape index (κ2) is 6.09. The van der Waals surface area contributed by atoms with Gasteiger partial charge in [0.1, 0.15) is 0 Å². The van der Waals surface area contributed by atoms with Gasteiger partial charge in [-0.05, 0) is 25.9 Å². The minimum Gasteiger partial charge on any atom is -0.392 e. The van der Waals surface area contributed by atoms with Crippen molar-refractivity contribution in [3.05, 3.63) is 0 Å².